The molecule has 0 saturated heterocycles. The lowest BCUT2D eigenvalue weighted by Gasteiger charge is -2.23. The fourth-order valence-corrected chi connectivity index (χ4v) is 5.93. The van der Waals surface area contributed by atoms with Crippen LogP contribution in [0.1, 0.15) is 16.4 Å². The molecule has 7 nitrogen and oxygen atoms in total. The molecule has 1 aliphatic rings. The number of methoxy groups -OCH3 is 1. The minimum atomic E-state index is -0.363. The highest BCUT2D eigenvalue weighted by Gasteiger charge is 2.38. The van der Waals surface area contributed by atoms with E-state index in [9.17, 15) is 14.0 Å². The summed E-state index contributed by atoms with van der Waals surface area (Å²) in [5, 5.41) is 7.87. The summed E-state index contributed by atoms with van der Waals surface area (Å²) in [4.78, 5) is 28.1. The third-order valence-electron chi connectivity index (χ3n) is 6.32. The van der Waals surface area contributed by atoms with Gasteiger partial charge in [-0.05, 0) is 29.8 Å². The highest BCUT2D eigenvalue weighted by atomic mass is 35.5. The number of rotatable bonds is 8. The molecule has 2 heterocycles. The summed E-state index contributed by atoms with van der Waals surface area (Å²) in [6.45, 7) is 0.454. The van der Waals surface area contributed by atoms with Crippen molar-refractivity contribution < 1.29 is 18.7 Å². The van der Waals surface area contributed by atoms with Gasteiger partial charge in [0.15, 0.2) is 0 Å². The molecule has 1 atom stereocenters. The summed E-state index contributed by atoms with van der Waals surface area (Å²) in [7, 11) is 1.55. The van der Waals surface area contributed by atoms with Crippen molar-refractivity contribution in [3.63, 3.8) is 0 Å². The van der Waals surface area contributed by atoms with Crippen molar-refractivity contribution in [2.75, 3.05) is 37.5 Å². The zero-order valence-electron chi connectivity index (χ0n) is 21.1. The van der Waals surface area contributed by atoms with E-state index in [1.807, 2.05) is 48.5 Å². The lowest BCUT2D eigenvalue weighted by Crippen LogP contribution is -2.43. The zero-order chi connectivity index (χ0) is 27.4. The molecule has 1 aliphatic heterocycles. The predicted octanol–water partition coefficient (Wildman–Crippen LogP) is 5.26. The van der Waals surface area contributed by atoms with Gasteiger partial charge in [-0.15, -0.1) is 11.8 Å². The predicted molar refractivity (Wildman–Crippen MR) is 152 cm³/mol. The van der Waals surface area contributed by atoms with E-state index in [2.05, 4.69) is 5.32 Å². The van der Waals surface area contributed by atoms with Gasteiger partial charge in [0.1, 0.15) is 18.2 Å². The summed E-state index contributed by atoms with van der Waals surface area (Å²) < 4.78 is 20.6. The quantitative estimate of drug-likeness (QED) is 0.295. The maximum Gasteiger partial charge on any atom is 0.240 e. The van der Waals surface area contributed by atoms with E-state index in [0.717, 1.165) is 16.7 Å². The third kappa shape index (κ3) is 5.71. The molecule has 1 unspecified atom stereocenters. The average molecular weight is 565 g/mol. The van der Waals surface area contributed by atoms with Crippen LogP contribution < -0.4 is 10.2 Å². The van der Waals surface area contributed by atoms with Gasteiger partial charge in [-0.3, -0.25) is 14.5 Å². The van der Waals surface area contributed by atoms with Crippen molar-refractivity contribution in [2.24, 2.45) is 0 Å². The summed E-state index contributed by atoms with van der Waals surface area (Å²) >= 11 is 8.05. The highest BCUT2D eigenvalue weighted by Crippen LogP contribution is 2.48. The standard InChI is InChI=1S/C29H26ClFN4O3S/c1-38-16-15-32-24(36)17-34-25(37)18-39-28(20-11-13-21(31)14-12-20)26-27(19-7-3-2-4-8-19)33-35(29(26)34)23-10-6-5-9-22(23)30/h2-14,28H,15-18H2,1H3,(H,32,36). The second kappa shape index (κ2) is 12.0. The number of hydrogen-bond acceptors (Lipinski definition) is 5. The number of amides is 2. The van der Waals surface area contributed by atoms with E-state index in [1.165, 1.54) is 28.8 Å². The number of nitrogens with one attached hydrogen (secondary N) is 1. The Balaban J connectivity index is 1.76. The molecule has 5 rings (SSSR count). The Morgan fingerprint density at radius 3 is 2.54 bits per heavy atom. The molecule has 200 valence electrons. The Kier molecular flexibility index (Phi) is 8.30. The average Bonchev–Trinajstić information content (AvgIpc) is 3.27. The Bertz CT molecular complexity index is 1480. The molecule has 10 heteroatoms. The van der Waals surface area contributed by atoms with Crippen molar-refractivity contribution in [3.8, 4) is 16.9 Å². The first-order valence-electron chi connectivity index (χ1n) is 12.3. The van der Waals surface area contributed by atoms with Crippen LogP contribution in [0.2, 0.25) is 5.02 Å². The molecule has 2 amide bonds. The number of anilines is 1. The lowest BCUT2D eigenvalue weighted by atomic mass is 9.99. The molecule has 0 bridgehead atoms. The number of aromatic nitrogens is 2. The van der Waals surface area contributed by atoms with Gasteiger partial charge in [-0.1, -0.05) is 66.2 Å². The maximum absolute atomic E-state index is 13.9. The molecule has 3 aromatic carbocycles. The molecule has 39 heavy (non-hydrogen) atoms. The van der Waals surface area contributed by atoms with E-state index >= 15 is 0 Å². The summed E-state index contributed by atoms with van der Waals surface area (Å²) in [6.07, 6.45) is 0. The van der Waals surface area contributed by atoms with Crippen LogP contribution in [-0.2, 0) is 14.3 Å². The van der Waals surface area contributed by atoms with Crippen LogP contribution in [0.25, 0.3) is 16.9 Å². The molecule has 0 radical (unpaired) electrons. The smallest absolute Gasteiger partial charge is 0.240 e. The van der Waals surface area contributed by atoms with Crippen LogP contribution in [0.5, 0.6) is 0 Å². The minimum absolute atomic E-state index is 0.110. The van der Waals surface area contributed by atoms with Crippen molar-refractivity contribution in [3.05, 3.63) is 101 Å². The van der Waals surface area contributed by atoms with Gasteiger partial charge in [0, 0.05) is 24.8 Å². The summed E-state index contributed by atoms with van der Waals surface area (Å²) in [5.74, 6) is -0.365. The fourth-order valence-electron chi connectivity index (χ4n) is 4.51. The van der Waals surface area contributed by atoms with E-state index < -0.39 is 0 Å². The van der Waals surface area contributed by atoms with E-state index in [1.54, 1.807) is 30.0 Å². The topological polar surface area (TPSA) is 76.5 Å². The van der Waals surface area contributed by atoms with Crippen molar-refractivity contribution in [1.82, 2.24) is 15.1 Å². The first-order valence-corrected chi connectivity index (χ1v) is 13.8. The normalized spacial score (nSPS) is 15.1. The number of carbonyl (C=O) groups excluding carboxylic acids is 2. The first-order chi connectivity index (χ1) is 19.0. The van der Waals surface area contributed by atoms with Gasteiger partial charge in [-0.25, -0.2) is 9.07 Å². The van der Waals surface area contributed by atoms with E-state index in [0.29, 0.717) is 35.4 Å². The number of hydrogen-bond donors (Lipinski definition) is 1. The van der Waals surface area contributed by atoms with E-state index in [-0.39, 0.29) is 35.2 Å². The lowest BCUT2D eigenvalue weighted by molar-refractivity contribution is -0.123. The molecule has 4 aromatic rings. The second-order valence-corrected chi connectivity index (χ2v) is 10.4. The highest BCUT2D eigenvalue weighted by molar-refractivity contribution is 8.00. The molecule has 1 N–H and O–H groups in total. The Labute approximate surface area is 234 Å². The van der Waals surface area contributed by atoms with Crippen molar-refractivity contribution in [2.45, 2.75) is 5.25 Å². The number of carbonyl (C=O) groups is 2. The number of fused-ring (bicyclic) bond motifs is 1. The van der Waals surface area contributed by atoms with Crippen LogP contribution in [0, 0.1) is 5.82 Å². The molecule has 0 aliphatic carbocycles. The fraction of sp³-hybridized carbons (Fsp3) is 0.207. The second-order valence-electron chi connectivity index (χ2n) is 8.88. The number of benzene rings is 3. The first kappa shape index (κ1) is 26.9. The minimum Gasteiger partial charge on any atom is -0.383 e. The van der Waals surface area contributed by atoms with Gasteiger partial charge >= 0.3 is 0 Å². The number of halogens is 2. The third-order valence-corrected chi connectivity index (χ3v) is 7.89. The maximum atomic E-state index is 13.9. The molecule has 0 fully saturated rings. The van der Waals surface area contributed by atoms with E-state index in [4.69, 9.17) is 21.4 Å². The summed E-state index contributed by atoms with van der Waals surface area (Å²) in [5.41, 5.74) is 3.61. The molecular formula is C29H26ClFN4O3S. The summed E-state index contributed by atoms with van der Waals surface area (Å²) in [6, 6.07) is 23.1. The van der Waals surface area contributed by atoms with Crippen LogP contribution in [0.15, 0.2) is 78.9 Å². The Morgan fingerprint density at radius 1 is 1.10 bits per heavy atom. The van der Waals surface area contributed by atoms with Crippen LogP contribution >= 0.6 is 23.4 Å². The van der Waals surface area contributed by atoms with Crippen LogP contribution in [0.3, 0.4) is 0 Å². The Morgan fingerprint density at radius 2 is 1.82 bits per heavy atom. The van der Waals surface area contributed by atoms with Gasteiger partial charge in [0.2, 0.25) is 11.8 Å². The van der Waals surface area contributed by atoms with Crippen LogP contribution in [0.4, 0.5) is 10.2 Å². The monoisotopic (exact) mass is 564 g/mol. The SMILES string of the molecule is COCCNC(=O)CN1C(=O)CSC(c2ccc(F)cc2)c2c(-c3ccccc3)nn(-c3ccccc3Cl)c21. The number of ether oxygens (including phenoxy) is 1. The number of para-hydroxylation sites is 1. The van der Waals surface area contributed by atoms with Gasteiger partial charge in [0.05, 0.1) is 34.0 Å². The Hall–Kier alpha value is -3.66. The van der Waals surface area contributed by atoms with Crippen LogP contribution in [-0.4, -0.2) is 54.2 Å². The van der Waals surface area contributed by atoms with Crippen molar-refractivity contribution in [1.29, 1.82) is 0 Å². The molecule has 0 saturated carbocycles. The van der Waals surface area contributed by atoms with Gasteiger partial charge in [0.25, 0.3) is 0 Å². The molecular weight excluding hydrogens is 539 g/mol. The molecule has 0 spiro atoms. The largest absolute Gasteiger partial charge is 0.383 e. The zero-order valence-corrected chi connectivity index (χ0v) is 22.7. The number of thioether (sulfide) groups is 1. The number of nitrogens with zero attached hydrogens (tertiary/aromatic N) is 3. The van der Waals surface area contributed by atoms with Crippen molar-refractivity contribution >= 4 is 41.0 Å². The van der Waals surface area contributed by atoms with Gasteiger partial charge < -0.3 is 10.1 Å². The van der Waals surface area contributed by atoms with Gasteiger partial charge in [-0.2, -0.15) is 5.10 Å². The molecule has 1 aromatic heterocycles.